The van der Waals surface area contributed by atoms with Crippen molar-refractivity contribution in [3.63, 3.8) is 0 Å². The highest BCUT2D eigenvalue weighted by Gasteiger charge is 2.20. The zero-order valence-electron chi connectivity index (χ0n) is 11.0. The van der Waals surface area contributed by atoms with Gasteiger partial charge in [0, 0.05) is 30.7 Å². The first-order valence-corrected chi connectivity index (χ1v) is 8.00. The summed E-state index contributed by atoms with van der Waals surface area (Å²) in [5.41, 5.74) is 3.13. The molecule has 0 aliphatic heterocycles. The molecule has 96 valence electrons. The second-order valence-electron chi connectivity index (χ2n) is 4.68. The molecule has 0 radical (unpaired) electrons. The third-order valence-electron chi connectivity index (χ3n) is 3.46. The number of nitrogens with zero attached hydrogens (tertiary/aromatic N) is 1. The summed E-state index contributed by atoms with van der Waals surface area (Å²) in [5.74, 6) is 2.46. The van der Waals surface area contributed by atoms with Gasteiger partial charge in [0.1, 0.15) is 0 Å². The molecule has 1 aromatic rings. The Balaban J connectivity index is 2.02. The van der Waals surface area contributed by atoms with Gasteiger partial charge in [0.25, 0.3) is 0 Å². The second-order valence-corrected chi connectivity index (χ2v) is 6.07. The van der Waals surface area contributed by atoms with Crippen molar-refractivity contribution in [1.82, 2.24) is 9.88 Å². The molecule has 1 aromatic heterocycles. The van der Waals surface area contributed by atoms with E-state index < -0.39 is 0 Å². The minimum atomic E-state index is 0.601. The zero-order valence-corrected chi connectivity index (χ0v) is 11.9. The van der Waals surface area contributed by atoms with Gasteiger partial charge in [0.05, 0.1) is 0 Å². The highest BCUT2D eigenvalue weighted by Crippen LogP contribution is 2.30. The number of rotatable bonds is 6. The number of thioether (sulfide) groups is 1. The van der Waals surface area contributed by atoms with E-state index in [9.17, 15) is 0 Å². The van der Waals surface area contributed by atoms with Gasteiger partial charge >= 0.3 is 0 Å². The van der Waals surface area contributed by atoms with Crippen LogP contribution in [0.2, 0.25) is 0 Å². The van der Waals surface area contributed by atoms with Gasteiger partial charge < -0.3 is 9.88 Å². The molecule has 1 aliphatic carbocycles. The second kappa shape index (κ2) is 6.50. The summed E-state index contributed by atoms with van der Waals surface area (Å²) in [7, 11) is 0. The van der Waals surface area contributed by atoms with Crippen LogP contribution >= 0.6 is 11.8 Å². The predicted molar refractivity (Wildman–Crippen MR) is 76.8 cm³/mol. The van der Waals surface area contributed by atoms with Gasteiger partial charge in [0.2, 0.25) is 0 Å². The molecular formula is C14H24N2S. The van der Waals surface area contributed by atoms with Gasteiger partial charge in [0.15, 0.2) is 0 Å². The zero-order chi connectivity index (χ0) is 12.1. The fourth-order valence-corrected chi connectivity index (χ4v) is 3.28. The van der Waals surface area contributed by atoms with E-state index in [2.05, 4.69) is 36.1 Å². The molecular weight excluding hydrogens is 228 g/mol. The molecule has 1 N–H and O–H groups in total. The van der Waals surface area contributed by atoms with Gasteiger partial charge in [-0.3, -0.25) is 0 Å². The van der Waals surface area contributed by atoms with E-state index in [0.717, 1.165) is 13.1 Å². The van der Waals surface area contributed by atoms with Crippen molar-refractivity contribution >= 4 is 11.8 Å². The molecule has 0 amide bonds. The van der Waals surface area contributed by atoms with Crippen molar-refractivity contribution in [3.05, 3.63) is 23.5 Å². The van der Waals surface area contributed by atoms with E-state index in [4.69, 9.17) is 0 Å². The summed E-state index contributed by atoms with van der Waals surface area (Å²) in [4.78, 5) is 0. The first-order valence-electron chi connectivity index (χ1n) is 6.84. The Morgan fingerprint density at radius 2 is 2.29 bits per heavy atom. The summed E-state index contributed by atoms with van der Waals surface area (Å²) in [6.07, 6.45) is 8.64. The van der Waals surface area contributed by atoms with Gasteiger partial charge in [-0.15, -0.1) is 0 Å². The fraction of sp³-hybridized carbons (Fsp3) is 0.714. The molecule has 0 aromatic carbocycles. The van der Waals surface area contributed by atoms with Crippen LogP contribution in [0.5, 0.6) is 0 Å². The SMILES string of the molecule is CCNC1CCCc2cn(CCSCC)cc21. The van der Waals surface area contributed by atoms with Crippen molar-refractivity contribution in [2.45, 2.75) is 45.7 Å². The maximum atomic E-state index is 3.60. The van der Waals surface area contributed by atoms with E-state index in [1.165, 1.54) is 30.8 Å². The number of hydrogen-bond acceptors (Lipinski definition) is 2. The molecule has 1 aliphatic rings. The van der Waals surface area contributed by atoms with E-state index in [1.807, 2.05) is 11.8 Å². The van der Waals surface area contributed by atoms with E-state index >= 15 is 0 Å². The first-order chi connectivity index (χ1) is 8.35. The van der Waals surface area contributed by atoms with Crippen molar-refractivity contribution in [1.29, 1.82) is 0 Å². The molecule has 0 fully saturated rings. The monoisotopic (exact) mass is 252 g/mol. The summed E-state index contributed by atoms with van der Waals surface area (Å²) in [6.45, 7) is 6.65. The van der Waals surface area contributed by atoms with Gasteiger partial charge in [-0.1, -0.05) is 13.8 Å². The Hall–Kier alpha value is -0.410. The van der Waals surface area contributed by atoms with E-state index in [1.54, 1.807) is 11.1 Å². The molecule has 0 saturated heterocycles. The van der Waals surface area contributed by atoms with Crippen LogP contribution in [-0.4, -0.2) is 22.6 Å². The van der Waals surface area contributed by atoms with Gasteiger partial charge in [-0.05, 0) is 42.7 Å². The smallest absolute Gasteiger partial charge is 0.0338 e. The average Bonchev–Trinajstić information content (AvgIpc) is 2.74. The number of nitrogens with one attached hydrogen (secondary N) is 1. The van der Waals surface area contributed by atoms with Gasteiger partial charge in [-0.25, -0.2) is 0 Å². The summed E-state index contributed by atoms with van der Waals surface area (Å²) in [6, 6.07) is 0.601. The maximum Gasteiger partial charge on any atom is 0.0338 e. The lowest BCUT2D eigenvalue weighted by molar-refractivity contribution is 0.473. The van der Waals surface area contributed by atoms with Crippen LogP contribution < -0.4 is 5.32 Å². The van der Waals surface area contributed by atoms with Crippen molar-refractivity contribution in [2.24, 2.45) is 0 Å². The average molecular weight is 252 g/mol. The largest absolute Gasteiger partial charge is 0.353 e. The molecule has 1 heterocycles. The van der Waals surface area contributed by atoms with Crippen LogP contribution in [0.3, 0.4) is 0 Å². The quantitative estimate of drug-likeness (QED) is 0.783. The van der Waals surface area contributed by atoms with Crippen molar-refractivity contribution in [2.75, 3.05) is 18.1 Å². The highest BCUT2D eigenvalue weighted by atomic mass is 32.2. The van der Waals surface area contributed by atoms with E-state index in [-0.39, 0.29) is 0 Å². The van der Waals surface area contributed by atoms with Crippen LogP contribution in [0.4, 0.5) is 0 Å². The van der Waals surface area contributed by atoms with Crippen LogP contribution in [0.25, 0.3) is 0 Å². The molecule has 0 saturated carbocycles. The fourth-order valence-electron chi connectivity index (χ4n) is 2.65. The summed E-state index contributed by atoms with van der Waals surface area (Å²) >= 11 is 2.02. The minimum Gasteiger partial charge on any atom is -0.353 e. The molecule has 1 atom stereocenters. The third kappa shape index (κ3) is 3.29. The normalized spacial score (nSPS) is 19.3. The molecule has 2 nitrogen and oxygen atoms in total. The van der Waals surface area contributed by atoms with Crippen molar-refractivity contribution < 1.29 is 0 Å². The number of hydrogen-bond donors (Lipinski definition) is 1. The van der Waals surface area contributed by atoms with Crippen LogP contribution in [-0.2, 0) is 13.0 Å². The minimum absolute atomic E-state index is 0.601. The Bertz CT molecular complexity index is 346. The van der Waals surface area contributed by atoms with Crippen LogP contribution in [0, 0.1) is 0 Å². The Morgan fingerprint density at radius 1 is 1.41 bits per heavy atom. The van der Waals surface area contributed by atoms with E-state index in [0.29, 0.717) is 6.04 Å². The lowest BCUT2D eigenvalue weighted by Crippen LogP contribution is -2.23. The third-order valence-corrected chi connectivity index (χ3v) is 4.34. The molecule has 17 heavy (non-hydrogen) atoms. The lowest BCUT2D eigenvalue weighted by atomic mass is 9.91. The van der Waals surface area contributed by atoms with Crippen molar-refractivity contribution in [3.8, 4) is 0 Å². The Labute approximate surface area is 109 Å². The Morgan fingerprint density at radius 3 is 3.06 bits per heavy atom. The number of fused-ring (bicyclic) bond motifs is 1. The molecule has 1 unspecified atom stereocenters. The summed E-state index contributed by atoms with van der Waals surface area (Å²) < 4.78 is 2.39. The molecule has 0 bridgehead atoms. The highest BCUT2D eigenvalue weighted by molar-refractivity contribution is 7.99. The number of aromatic nitrogens is 1. The standard InChI is InChI=1S/C14H24N2S/c1-3-15-14-7-5-6-12-10-16(11-13(12)14)8-9-17-4-2/h10-11,14-15H,3-9H2,1-2H3. The summed E-state index contributed by atoms with van der Waals surface area (Å²) in [5, 5.41) is 3.60. The molecule has 3 heteroatoms. The van der Waals surface area contributed by atoms with Crippen LogP contribution in [0.15, 0.2) is 12.4 Å². The Kier molecular flexibility index (Phi) is 4.99. The molecule has 2 rings (SSSR count). The topological polar surface area (TPSA) is 17.0 Å². The predicted octanol–water partition coefficient (Wildman–Crippen LogP) is 3.23. The van der Waals surface area contributed by atoms with Crippen LogP contribution in [0.1, 0.15) is 43.9 Å². The molecule has 0 spiro atoms. The lowest BCUT2D eigenvalue weighted by Gasteiger charge is -2.22. The number of aryl methyl sites for hydroxylation is 2. The van der Waals surface area contributed by atoms with Gasteiger partial charge in [-0.2, -0.15) is 11.8 Å². The first kappa shape index (κ1) is 13.0. The maximum absolute atomic E-state index is 3.60.